The summed E-state index contributed by atoms with van der Waals surface area (Å²) in [7, 11) is -8.59. The van der Waals surface area contributed by atoms with Gasteiger partial charge in [0.05, 0.1) is 16.9 Å². The average Bonchev–Trinajstić information content (AvgIpc) is 2.83. The predicted molar refractivity (Wildman–Crippen MR) is 143 cm³/mol. The maximum Gasteiger partial charge on any atom is 0.299 e. The first-order valence-electron chi connectivity index (χ1n) is 11.9. The molecule has 5 N–H and O–H groups in total. The quantitative estimate of drug-likeness (QED) is 0.291. The third kappa shape index (κ3) is 6.07. The zero-order chi connectivity index (χ0) is 28.5. The van der Waals surface area contributed by atoms with Gasteiger partial charge in [0.15, 0.2) is 11.7 Å². The van der Waals surface area contributed by atoms with Crippen molar-refractivity contribution in [2.24, 2.45) is 22.0 Å². The van der Waals surface area contributed by atoms with Gasteiger partial charge < -0.3 is 11.1 Å². The van der Waals surface area contributed by atoms with Crippen molar-refractivity contribution >= 4 is 60.9 Å². The lowest BCUT2D eigenvalue weighted by molar-refractivity contribution is -0.120. The minimum Gasteiger partial charge on any atom is -0.370 e. The van der Waals surface area contributed by atoms with Crippen LogP contribution in [0.4, 0.5) is 17.2 Å². The Hall–Kier alpha value is -3.89. The zero-order valence-corrected chi connectivity index (χ0v) is 22.7. The summed E-state index contributed by atoms with van der Waals surface area (Å²) >= 11 is 0. The van der Waals surface area contributed by atoms with Crippen molar-refractivity contribution in [3.05, 3.63) is 42.1 Å². The molecular formula is C23H27N7O7S2. The van der Waals surface area contributed by atoms with E-state index in [0.29, 0.717) is 6.42 Å². The number of nitrogens with one attached hydrogen (secondary N) is 3. The van der Waals surface area contributed by atoms with Crippen LogP contribution < -0.4 is 25.4 Å². The number of rotatable bonds is 10. The first kappa shape index (κ1) is 28.1. The summed E-state index contributed by atoms with van der Waals surface area (Å²) in [5.41, 5.74) is 5.07. The van der Waals surface area contributed by atoms with Crippen molar-refractivity contribution in [2.75, 3.05) is 28.0 Å². The van der Waals surface area contributed by atoms with Gasteiger partial charge in [-0.15, -0.1) is 4.40 Å². The highest BCUT2D eigenvalue weighted by Gasteiger charge is 2.45. The molecule has 16 heteroatoms. The van der Waals surface area contributed by atoms with Crippen molar-refractivity contribution in [2.45, 2.75) is 31.6 Å². The second-order valence-electron chi connectivity index (χ2n) is 9.35. The summed E-state index contributed by atoms with van der Waals surface area (Å²) < 4.78 is 58.7. The number of hydrogen-bond donors (Lipinski definition) is 4. The second kappa shape index (κ2) is 10.7. The number of carbonyl (C=O) groups is 3. The van der Waals surface area contributed by atoms with Gasteiger partial charge in [-0.3, -0.25) is 24.0 Å². The van der Waals surface area contributed by atoms with Crippen LogP contribution in [0.2, 0.25) is 0 Å². The summed E-state index contributed by atoms with van der Waals surface area (Å²) in [6.45, 7) is 3.99. The molecule has 0 bridgehead atoms. The monoisotopic (exact) mass is 577 g/mol. The number of primary amides is 1. The van der Waals surface area contributed by atoms with E-state index in [4.69, 9.17) is 5.73 Å². The van der Waals surface area contributed by atoms with Gasteiger partial charge in [0.25, 0.3) is 20.2 Å². The first-order chi connectivity index (χ1) is 18.3. The molecule has 0 saturated heterocycles. The number of amides is 2. The lowest BCUT2D eigenvalue weighted by Gasteiger charge is -2.34. The largest absolute Gasteiger partial charge is 0.370 e. The van der Waals surface area contributed by atoms with Gasteiger partial charge in [-0.1, -0.05) is 13.8 Å². The fourth-order valence-corrected chi connectivity index (χ4v) is 6.10. The van der Waals surface area contributed by atoms with Crippen molar-refractivity contribution in [3.63, 3.8) is 0 Å². The minimum atomic E-state index is -4.44. The average molecular weight is 578 g/mol. The van der Waals surface area contributed by atoms with Crippen LogP contribution in [0, 0.1) is 11.8 Å². The number of nitrogens with two attached hydrogens (primary N) is 1. The Kier molecular flexibility index (Phi) is 7.72. The van der Waals surface area contributed by atoms with E-state index >= 15 is 0 Å². The lowest BCUT2D eigenvalue weighted by atomic mass is 9.90. The number of pyridine rings is 1. The van der Waals surface area contributed by atoms with Gasteiger partial charge >= 0.3 is 0 Å². The van der Waals surface area contributed by atoms with Gasteiger partial charge in [0.1, 0.15) is 16.5 Å². The van der Waals surface area contributed by atoms with Crippen molar-refractivity contribution < 1.29 is 31.2 Å². The molecule has 2 aliphatic rings. The van der Waals surface area contributed by atoms with Crippen molar-refractivity contribution in [3.8, 4) is 0 Å². The standard InChI is InChI=1S/C23H27N7O7S2/c1-13(2)8-11-30-22-15(4-3-9-25-22)20(32)19(23(30)33)21-27-16-6-5-14(12-17(16)38(34,35)29-21)28-39(36,37)26-10-7-18(24)31/h3-6,9,12-13,19,26,28H,7-8,10-11H2,1-2H3,(H2,24,31)(H,27,29). The summed E-state index contributed by atoms with van der Waals surface area (Å²) in [5, 5.41) is 2.77. The number of ketones is 1. The van der Waals surface area contributed by atoms with E-state index in [-0.39, 0.29) is 58.9 Å². The number of sulfonamides is 1. The molecule has 4 rings (SSSR count). The number of nitrogens with zero attached hydrogens (tertiary/aromatic N) is 3. The lowest BCUT2D eigenvalue weighted by Crippen LogP contribution is -2.51. The summed E-state index contributed by atoms with van der Waals surface area (Å²) in [6.07, 6.45) is 1.87. The molecule has 2 aliphatic heterocycles. The predicted octanol–water partition coefficient (Wildman–Crippen LogP) is 0.608. The smallest absolute Gasteiger partial charge is 0.299 e. The minimum absolute atomic E-state index is 0.0101. The molecule has 1 aromatic heterocycles. The molecule has 3 heterocycles. The SMILES string of the molecule is CC(C)CCN1C(=O)C(C2=NS(=O)(=O)c3cc(NS(=O)(=O)NCCC(N)=O)ccc3N2)C(=O)c2cccnc21. The van der Waals surface area contributed by atoms with Gasteiger partial charge in [-0.25, -0.2) is 4.98 Å². The van der Waals surface area contributed by atoms with Crippen LogP contribution in [0.15, 0.2) is 45.8 Å². The maximum atomic E-state index is 13.5. The molecule has 14 nitrogen and oxygen atoms in total. The Balaban J connectivity index is 1.64. The molecule has 1 aromatic carbocycles. The van der Waals surface area contributed by atoms with Gasteiger partial charge in [0.2, 0.25) is 11.8 Å². The zero-order valence-electron chi connectivity index (χ0n) is 21.0. The van der Waals surface area contributed by atoms with Gasteiger partial charge in [-0.2, -0.15) is 21.6 Å². The third-order valence-electron chi connectivity index (χ3n) is 5.94. The molecular weight excluding hydrogens is 550 g/mol. The molecule has 0 spiro atoms. The van der Waals surface area contributed by atoms with E-state index < -0.39 is 43.7 Å². The summed E-state index contributed by atoms with van der Waals surface area (Å²) in [6, 6.07) is 6.69. The molecule has 2 amide bonds. The molecule has 0 aliphatic carbocycles. The number of amidine groups is 1. The number of hydrogen-bond acceptors (Lipinski definition) is 9. The van der Waals surface area contributed by atoms with E-state index in [2.05, 4.69) is 24.1 Å². The van der Waals surface area contributed by atoms with Crippen LogP contribution in [0.5, 0.6) is 0 Å². The number of aromatic nitrogens is 1. The molecule has 0 saturated carbocycles. The highest BCUT2D eigenvalue weighted by atomic mass is 32.2. The number of benzene rings is 1. The second-order valence-corrected chi connectivity index (χ2v) is 12.4. The van der Waals surface area contributed by atoms with Gasteiger partial charge in [-0.05, 0) is 42.7 Å². The molecule has 1 atom stereocenters. The van der Waals surface area contributed by atoms with Gasteiger partial charge in [0, 0.05) is 25.7 Å². The van der Waals surface area contributed by atoms with Crippen molar-refractivity contribution in [1.29, 1.82) is 0 Å². The molecule has 0 radical (unpaired) electrons. The van der Waals surface area contributed by atoms with Crippen LogP contribution in [-0.2, 0) is 29.8 Å². The first-order valence-corrected chi connectivity index (χ1v) is 14.8. The molecule has 39 heavy (non-hydrogen) atoms. The highest BCUT2D eigenvalue weighted by molar-refractivity contribution is 7.91. The molecule has 2 aromatic rings. The fourth-order valence-electron chi connectivity index (χ4n) is 4.04. The highest BCUT2D eigenvalue weighted by Crippen LogP contribution is 2.35. The van der Waals surface area contributed by atoms with E-state index in [9.17, 15) is 31.2 Å². The number of carbonyl (C=O) groups excluding carboxylic acids is 3. The fraction of sp³-hybridized carbons (Fsp3) is 0.348. The van der Waals surface area contributed by atoms with E-state index in [1.807, 2.05) is 13.8 Å². The summed E-state index contributed by atoms with van der Waals surface area (Å²) in [4.78, 5) is 42.9. The van der Waals surface area contributed by atoms with Crippen LogP contribution in [0.1, 0.15) is 37.0 Å². The maximum absolute atomic E-state index is 13.5. The molecule has 1 unspecified atom stereocenters. The Morgan fingerprint density at radius 3 is 2.67 bits per heavy atom. The number of anilines is 3. The van der Waals surface area contributed by atoms with Crippen LogP contribution >= 0.6 is 0 Å². The van der Waals surface area contributed by atoms with Crippen molar-refractivity contribution in [1.82, 2.24) is 9.71 Å². The Morgan fingerprint density at radius 1 is 1.23 bits per heavy atom. The van der Waals surface area contributed by atoms with E-state index in [1.54, 1.807) is 6.07 Å². The van der Waals surface area contributed by atoms with E-state index in [0.717, 1.165) is 6.07 Å². The Morgan fingerprint density at radius 2 is 1.97 bits per heavy atom. The Labute approximate surface area is 225 Å². The molecule has 208 valence electrons. The third-order valence-corrected chi connectivity index (χ3v) is 8.36. The number of fused-ring (bicyclic) bond motifs is 2. The number of Topliss-reactive ketones (excluding diaryl/α,β-unsaturated/α-hetero) is 1. The normalized spacial score (nSPS) is 18.2. The summed E-state index contributed by atoms with van der Waals surface area (Å²) in [5.74, 6) is -3.42. The van der Waals surface area contributed by atoms with Crippen LogP contribution in [-0.4, -0.2) is 58.3 Å². The molecule has 0 fully saturated rings. The topological polar surface area (TPSA) is 210 Å². The van der Waals surface area contributed by atoms with Crippen LogP contribution in [0.3, 0.4) is 0 Å². The van der Waals surface area contributed by atoms with E-state index in [1.165, 1.54) is 29.3 Å². The van der Waals surface area contributed by atoms with Crippen LogP contribution in [0.25, 0.3) is 0 Å². The Bertz CT molecular complexity index is 1590.